The molecule has 0 spiro atoms. The first-order valence-electron chi connectivity index (χ1n) is 21.3. The summed E-state index contributed by atoms with van der Waals surface area (Å²) in [5.41, 5.74) is 8.54. The molecule has 23 nitrogen and oxygen atoms in total. The Morgan fingerprint density at radius 1 is 0.826 bits per heavy atom. The second-order valence-corrected chi connectivity index (χ2v) is 15.2. The lowest BCUT2D eigenvalue weighted by molar-refractivity contribution is -0.384. The van der Waals surface area contributed by atoms with Crippen molar-refractivity contribution in [3.8, 4) is 5.75 Å². The lowest BCUT2D eigenvalue weighted by atomic mass is 10.2. The maximum absolute atomic E-state index is 12.4. The number of amides is 4. The van der Waals surface area contributed by atoms with Crippen molar-refractivity contribution in [2.75, 3.05) is 82.3 Å². The number of phenolic OH excluding ortho intramolecular Hbond substituents is 1. The zero-order chi connectivity index (χ0) is 50.7. The molecule has 372 valence electrons. The van der Waals surface area contributed by atoms with Gasteiger partial charge in [0.15, 0.2) is 22.4 Å². The minimum atomic E-state index is -1.04. The molecule has 69 heavy (non-hydrogen) atoms. The van der Waals surface area contributed by atoms with Crippen LogP contribution in [0.5, 0.6) is 5.75 Å². The average Bonchev–Trinajstić information content (AvgIpc) is 3.96. The number of nitrogens with one attached hydrogen (secondary N) is 2. The number of carbonyl (C=O) groups excluding carboxylic acids is 2. The lowest BCUT2D eigenvalue weighted by Gasteiger charge is -2.35. The quantitative estimate of drug-likeness (QED) is 0.0199. The van der Waals surface area contributed by atoms with Gasteiger partial charge in [-0.15, -0.1) is 23.2 Å². The van der Waals surface area contributed by atoms with Crippen LogP contribution in [-0.4, -0.2) is 129 Å². The summed E-state index contributed by atoms with van der Waals surface area (Å²) < 4.78 is 26.9. The summed E-state index contributed by atoms with van der Waals surface area (Å²) >= 11 is 11.2. The molecule has 1 aliphatic heterocycles. The first kappa shape index (κ1) is 54.7. The number of para-hydroxylation sites is 3. The SMILES string of the molecule is CCOC(CCl)(OCC)OCC.Cc1ccc(NC(=O)Nc2cccc3oc(CN4CCN(C(=O)N(C)C)CC4)nc23)cn1.Nc1c(O)cccc1[N+](=O)[O-].O=[N+]([O-])c1cccc2oc(CCl)nc12. The number of nitro benzene ring substituents is 2. The van der Waals surface area contributed by atoms with Gasteiger partial charge in [-0.3, -0.25) is 30.1 Å². The number of hydrogen-bond acceptors (Lipinski definition) is 17. The Labute approximate surface area is 406 Å². The molecule has 3 aromatic carbocycles. The predicted molar refractivity (Wildman–Crippen MR) is 259 cm³/mol. The smallest absolute Gasteiger partial charge is 0.323 e. The van der Waals surface area contributed by atoms with Crippen LogP contribution in [0.2, 0.25) is 0 Å². The Morgan fingerprint density at radius 2 is 1.39 bits per heavy atom. The molecule has 1 fully saturated rings. The summed E-state index contributed by atoms with van der Waals surface area (Å²) in [7, 11) is 3.52. The second-order valence-electron chi connectivity index (χ2n) is 14.7. The van der Waals surface area contributed by atoms with Crippen LogP contribution in [0, 0.1) is 27.2 Å². The number of rotatable bonds is 14. The molecule has 4 heterocycles. The van der Waals surface area contributed by atoms with E-state index in [0.29, 0.717) is 73.4 Å². The number of nitro groups is 2. The number of carbonyl (C=O) groups is 2. The molecule has 0 aliphatic carbocycles. The largest absolute Gasteiger partial charge is 0.506 e. The number of aryl methyl sites for hydroxylation is 1. The predicted octanol–water partition coefficient (Wildman–Crippen LogP) is 8.32. The van der Waals surface area contributed by atoms with Crippen molar-refractivity contribution in [1.29, 1.82) is 0 Å². The van der Waals surface area contributed by atoms with Crippen LogP contribution >= 0.6 is 23.2 Å². The first-order valence-corrected chi connectivity index (χ1v) is 22.4. The molecule has 3 aromatic heterocycles. The fourth-order valence-corrected chi connectivity index (χ4v) is 6.69. The molecule has 0 unspecified atom stereocenters. The fraction of sp³-hybridized carbons (Fsp3) is 0.386. The minimum Gasteiger partial charge on any atom is -0.506 e. The number of nitrogens with zero attached hydrogens (tertiary/aromatic N) is 8. The zero-order valence-electron chi connectivity index (χ0n) is 38.8. The molecule has 25 heteroatoms. The number of nitrogen functional groups attached to an aromatic ring is 1. The average molecular weight is 1000 g/mol. The summed E-state index contributed by atoms with van der Waals surface area (Å²) in [5.74, 6) is -0.159. The third kappa shape index (κ3) is 15.8. The fourth-order valence-electron chi connectivity index (χ4n) is 6.35. The van der Waals surface area contributed by atoms with Gasteiger partial charge in [0.1, 0.15) is 17.1 Å². The van der Waals surface area contributed by atoms with Crippen molar-refractivity contribution in [2.24, 2.45) is 0 Å². The van der Waals surface area contributed by atoms with Crippen LogP contribution in [-0.2, 0) is 26.6 Å². The minimum absolute atomic E-state index is 0.0296. The molecular formula is C44H55Cl2N11O12. The number of phenols is 1. The number of benzene rings is 3. The van der Waals surface area contributed by atoms with Crippen LogP contribution < -0.4 is 16.4 Å². The van der Waals surface area contributed by atoms with E-state index in [9.17, 15) is 29.8 Å². The maximum Gasteiger partial charge on any atom is 0.323 e. The number of aromatic hydroxyl groups is 1. The summed E-state index contributed by atoms with van der Waals surface area (Å²) in [4.78, 5) is 62.5. The highest BCUT2D eigenvalue weighted by Crippen LogP contribution is 2.30. The molecule has 0 saturated carbocycles. The Kier molecular flexibility index (Phi) is 21.1. The van der Waals surface area contributed by atoms with E-state index in [1.807, 2.05) is 50.8 Å². The monoisotopic (exact) mass is 999 g/mol. The molecular weight excluding hydrogens is 945 g/mol. The summed E-state index contributed by atoms with van der Waals surface area (Å²) in [6.07, 6.45) is 1.61. The van der Waals surface area contributed by atoms with Crippen molar-refractivity contribution in [3.05, 3.63) is 111 Å². The van der Waals surface area contributed by atoms with Crippen LogP contribution in [0.1, 0.15) is 38.2 Å². The van der Waals surface area contributed by atoms with Crippen LogP contribution in [0.25, 0.3) is 22.2 Å². The number of urea groups is 2. The highest BCUT2D eigenvalue weighted by atomic mass is 35.5. The Bertz CT molecular complexity index is 2610. The number of non-ortho nitro benzene ring substituents is 1. The number of oxazole rings is 2. The van der Waals surface area contributed by atoms with Gasteiger partial charge < -0.3 is 54.3 Å². The Hall–Kier alpha value is -6.89. The molecule has 1 saturated heterocycles. The number of pyridine rings is 1. The van der Waals surface area contributed by atoms with Crippen LogP contribution in [0.15, 0.2) is 81.8 Å². The number of hydrogen-bond donors (Lipinski definition) is 4. The van der Waals surface area contributed by atoms with Gasteiger partial charge in [-0.1, -0.05) is 18.2 Å². The Balaban J connectivity index is 0.000000231. The van der Waals surface area contributed by atoms with Gasteiger partial charge in [-0.2, -0.15) is 0 Å². The summed E-state index contributed by atoms with van der Waals surface area (Å²) in [6.45, 7) is 12.4. The van der Waals surface area contributed by atoms with E-state index in [1.165, 1.54) is 24.3 Å². The molecule has 7 rings (SSSR count). The molecule has 4 amide bonds. The molecule has 0 radical (unpaired) electrons. The van der Waals surface area contributed by atoms with Crippen molar-refractivity contribution in [3.63, 3.8) is 0 Å². The third-order valence-electron chi connectivity index (χ3n) is 9.53. The van der Waals surface area contributed by atoms with Gasteiger partial charge in [0, 0.05) is 77.9 Å². The number of fused-ring (bicyclic) bond motifs is 2. The van der Waals surface area contributed by atoms with Gasteiger partial charge in [-0.05, 0) is 64.1 Å². The second kappa shape index (κ2) is 26.6. The van der Waals surface area contributed by atoms with Crippen molar-refractivity contribution in [1.82, 2.24) is 29.7 Å². The standard InChI is InChI=1S/C22H27N7O3.C8H5ClN2O3.C8H17ClO3.C6H6N2O3/c1-15-7-8-16(13-23-15)24-21(30)25-17-5-4-6-18-20(17)26-19(32-18)14-28-9-11-29(12-10-28)22(31)27(2)3;9-4-7-10-8-5(11(12)13)2-1-3-6(8)14-7;1-4-10-8(7-9,11-5-2)12-6-3;7-6-4(8(10)11)2-1-3-5(6)9/h4-8,13H,9-12,14H2,1-3H3,(H2,24,25,30);1-3H,4H2;4-7H2,1-3H3;1-3,9H,7H2. The summed E-state index contributed by atoms with van der Waals surface area (Å²) in [6, 6.07) is 17.1. The van der Waals surface area contributed by atoms with Crippen molar-refractivity contribution in [2.45, 2.75) is 46.1 Å². The number of halogens is 2. The topological polar surface area (TPSA) is 293 Å². The first-order chi connectivity index (χ1) is 33.0. The van der Waals surface area contributed by atoms with E-state index in [1.54, 1.807) is 49.5 Å². The third-order valence-corrected chi connectivity index (χ3v) is 10.1. The van der Waals surface area contributed by atoms with E-state index in [2.05, 4.69) is 30.5 Å². The lowest BCUT2D eigenvalue weighted by Crippen LogP contribution is -2.51. The number of piperazine rings is 1. The molecule has 1 aliphatic rings. The van der Waals surface area contributed by atoms with Gasteiger partial charge >= 0.3 is 12.1 Å². The van der Waals surface area contributed by atoms with Crippen LogP contribution in [0.3, 0.4) is 0 Å². The molecule has 6 aromatic rings. The van der Waals surface area contributed by atoms with E-state index < -0.39 is 15.8 Å². The number of nitrogens with two attached hydrogens (primary N) is 1. The van der Waals surface area contributed by atoms with E-state index in [-0.39, 0.29) is 58.0 Å². The molecule has 5 N–H and O–H groups in total. The number of ether oxygens (including phenoxy) is 3. The van der Waals surface area contributed by atoms with Gasteiger partial charge in [0.25, 0.3) is 17.3 Å². The zero-order valence-corrected chi connectivity index (χ0v) is 40.4. The molecule has 0 bridgehead atoms. The van der Waals surface area contributed by atoms with Gasteiger partial charge in [0.2, 0.25) is 11.8 Å². The van der Waals surface area contributed by atoms with Gasteiger partial charge in [-0.25, -0.2) is 19.6 Å². The van der Waals surface area contributed by atoms with Crippen molar-refractivity contribution >= 4 is 85.9 Å². The highest BCUT2D eigenvalue weighted by Gasteiger charge is 2.31. The normalized spacial score (nSPS) is 12.4. The van der Waals surface area contributed by atoms with Gasteiger partial charge in [0.05, 0.1) is 39.8 Å². The van der Waals surface area contributed by atoms with E-state index in [0.717, 1.165) is 18.8 Å². The van der Waals surface area contributed by atoms with E-state index >= 15 is 0 Å². The van der Waals surface area contributed by atoms with E-state index in [4.69, 9.17) is 57.1 Å². The number of aromatic nitrogens is 3. The highest BCUT2D eigenvalue weighted by molar-refractivity contribution is 6.18. The van der Waals surface area contributed by atoms with Crippen molar-refractivity contribution < 1.29 is 47.6 Å². The van der Waals surface area contributed by atoms with Crippen LogP contribution in [0.4, 0.5) is 38.0 Å². The number of alkyl halides is 2. The number of anilines is 3. The Morgan fingerprint density at radius 3 is 1.93 bits per heavy atom. The summed E-state index contributed by atoms with van der Waals surface area (Å²) in [5, 5.41) is 35.3. The maximum atomic E-state index is 12.4. The molecule has 0 atom stereocenters.